The number of halogens is 1. The first-order valence-corrected chi connectivity index (χ1v) is 6.55. The maximum absolute atomic E-state index is 6.08. The molecule has 1 heterocycles. The van der Waals surface area contributed by atoms with Gasteiger partial charge in [-0.05, 0) is 40.4 Å². The van der Waals surface area contributed by atoms with E-state index in [2.05, 4.69) is 29.1 Å². The van der Waals surface area contributed by atoms with E-state index in [0.29, 0.717) is 0 Å². The van der Waals surface area contributed by atoms with Crippen LogP contribution in [0.25, 0.3) is 0 Å². The Bertz CT molecular complexity index is 464. The number of rotatable bonds is 4. The Kier molecular flexibility index (Phi) is 3.99. The van der Waals surface area contributed by atoms with Crippen LogP contribution >= 0.6 is 22.9 Å². The standard InChI is InChI=1S/C13H14ClNS/c1-10-8-16-9-12(10)7-15-6-11-4-2-3-5-13(11)14/h2-5,8-9,15H,6-7H2,1H3. The van der Waals surface area contributed by atoms with Crippen molar-refractivity contribution in [3.05, 3.63) is 56.7 Å². The minimum Gasteiger partial charge on any atom is -0.309 e. The molecule has 3 heteroatoms. The Morgan fingerprint density at radius 2 is 1.88 bits per heavy atom. The Morgan fingerprint density at radius 1 is 1.12 bits per heavy atom. The van der Waals surface area contributed by atoms with Crippen LogP contribution in [0.2, 0.25) is 5.02 Å². The van der Waals surface area contributed by atoms with Gasteiger partial charge in [-0.25, -0.2) is 0 Å². The molecule has 1 aromatic heterocycles. The topological polar surface area (TPSA) is 12.0 Å². The van der Waals surface area contributed by atoms with Crippen molar-refractivity contribution in [1.82, 2.24) is 5.32 Å². The van der Waals surface area contributed by atoms with Crippen LogP contribution in [-0.4, -0.2) is 0 Å². The Morgan fingerprint density at radius 3 is 2.56 bits per heavy atom. The number of thiophene rings is 1. The van der Waals surface area contributed by atoms with Gasteiger partial charge in [-0.15, -0.1) is 0 Å². The van der Waals surface area contributed by atoms with E-state index in [9.17, 15) is 0 Å². The van der Waals surface area contributed by atoms with Crippen LogP contribution in [-0.2, 0) is 13.1 Å². The minimum atomic E-state index is 0.814. The molecule has 84 valence electrons. The molecule has 1 nitrogen and oxygen atoms in total. The summed E-state index contributed by atoms with van der Waals surface area (Å²) >= 11 is 7.83. The molecule has 0 aliphatic heterocycles. The molecule has 0 unspecified atom stereocenters. The zero-order valence-electron chi connectivity index (χ0n) is 9.16. The lowest BCUT2D eigenvalue weighted by molar-refractivity contribution is 0.692. The summed E-state index contributed by atoms with van der Waals surface area (Å²) in [6.07, 6.45) is 0. The highest BCUT2D eigenvalue weighted by molar-refractivity contribution is 7.08. The van der Waals surface area contributed by atoms with Gasteiger partial charge in [0.25, 0.3) is 0 Å². The average Bonchev–Trinajstić information content (AvgIpc) is 2.67. The van der Waals surface area contributed by atoms with E-state index in [-0.39, 0.29) is 0 Å². The summed E-state index contributed by atoms with van der Waals surface area (Å²) in [6.45, 7) is 3.86. The zero-order valence-corrected chi connectivity index (χ0v) is 10.7. The lowest BCUT2D eigenvalue weighted by Crippen LogP contribution is -2.12. The second-order valence-corrected chi connectivity index (χ2v) is 4.93. The lowest BCUT2D eigenvalue weighted by Gasteiger charge is -2.06. The van der Waals surface area contributed by atoms with Gasteiger partial charge in [0.05, 0.1) is 0 Å². The molecule has 0 bridgehead atoms. The predicted molar refractivity (Wildman–Crippen MR) is 71.1 cm³/mol. The van der Waals surface area contributed by atoms with Crippen molar-refractivity contribution in [3.8, 4) is 0 Å². The highest BCUT2D eigenvalue weighted by Gasteiger charge is 2.00. The number of benzene rings is 1. The smallest absolute Gasteiger partial charge is 0.0450 e. The van der Waals surface area contributed by atoms with Crippen molar-refractivity contribution >= 4 is 22.9 Å². The largest absolute Gasteiger partial charge is 0.309 e. The van der Waals surface area contributed by atoms with Crippen molar-refractivity contribution < 1.29 is 0 Å². The van der Waals surface area contributed by atoms with Gasteiger partial charge >= 0.3 is 0 Å². The molecule has 0 saturated carbocycles. The molecular formula is C13H14ClNS. The number of hydrogen-bond acceptors (Lipinski definition) is 2. The summed E-state index contributed by atoms with van der Waals surface area (Å²) in [6, 6.07) is 7.94. The van der Waals surface area contributed by atoms with Crippen molar-refractivity contribution in [2.75, 3.05) is 0 Å². The zero-order chi connectivity index (χ0) is 11.4. The predicted octanol–water partition coefficient (Wildman–Crippen LogP) is 4.00. The summed E-state index contributed by atoms with van der Waals surface area (Å²) < 4.78 is 0. The molecule has 16 heavy (non-hydrogen) atoms. The van der Waals surface area contributed by atoms with Crippen LogP contribution in [0.5, 0.6) is 0 Å². The quantitative estimate of drug-likeness (QED) is 0.866. The third-order valence-electron chi connectivity index (χ3n) is 2.55. The molecule has 0 radical (unpaired) electrons. The average molecular weight is 252 g/mol. The molecule has 2 aromatic rings. The lowest BCUT2D eigenvalue weighted by atomic mass is 10.2. The number of hydrogen-bond donors (Lipinski definition) is 1. The Balaban J connectivity index is 1.89. The van der Waals surface area contributed by atoms with E-state index in [1.165, 1.54) is 11.1 Å². The van der Waals surface area contributed by atoms with E-state index in [1.807, 2.05) is 18.2 Å². The van der Waals surface area contributed by atoms with Gasteiger partial charge in [0.15, 0.2) is 0 Å². The first-order chi connectivity index (χ1) is 7.77. The second kappa shape index (κ2) is 5.48. The first-order valence-electron chi connectivity index (χ1n) is 5.23. The van der Waals surface area contributed by atoms with Gasteiger partial charge in [0.2, 0.25) is 0 Å². The van der Waals surface area contributed by atoms with Crippen molar-refractivity contribution in [3.63, 3.8) is 0 Å². The molecule has 0 aliphatic carbocycles. The summed E-state index contributed by atoms with van der Waals surface area (Å²) in [5, 5.41) is 8.60. The molecule has 0 saturated heterocycles. The monoisotopic (exact) mass is 251 g/mol. The third kappa shape index (κ3) is 2.85. The van der Waals surface area contributed by atoms with E-state index < -0.39 is 0 Å². The molecule has 2 rings (SSSR count). The number of aryl methyl sites for hydroxylation is 1. The maximum Gasteiger partial charge on any atom is 0.0450 e. The van der Waals surface area contributed by atoms with Crippen LogP contribution in [0.4, 0.5) is 0 Å². The normalized spacial score (nSPS) is 10.6. The molecule has 0 spiro atoms. The minimum absolute atomic E-state index is 0.814. The molecular weight excluding hydrogens is 238 g/mol. The fourth-order valence-corrected chi connectivity index (χ4v) is 2.60. The van der Waals surface area contributed by atoms with Crippen LogP contribution in [0.15, 0.2) is 35.0 Å². The fourth-order valence-electron chi connectivity index (χ4n) is 1.54. The van der Waals surface area contributed by atoms with E-state index in [4.69, 9.17) is 11.6 Å². The van der Waals surface area contributed by atoms with Crippen molar-refractivity contribution in [1.29, 1.82) is 0 Å². The van der Waals surface area contributed by atoms with Crippen molar-refractivity contribution in [2.24, 2.45) is 0 Å². The highest BCUT2D eigenvalue weighted by atomic mass is 35.5. The highest BCUT2D eigenvalue weighted by Crippen LogP contribution is 2.16. The summed E-state index contributed by atoms with van der Waals surface area (Å²) in [5.41, 5.74) is 3.88. The van der Waals surface area contributed by atoms with Crippen LogP contribution in [0, 0.1) is 6.92 Å². The SMILES string of the molecule is Cc1cscc1CNCc1ccccc1Cl. The summed E-state index contributed by atoms with van der Waals surface area (Å²) in [5.74, 6) is 0. The Labute approximate surface area is 105 Å². The molecule has 0 atom stereocenters. The van der Waals surface area contributed by atoms with Crippen LogP contribution in [0.3, 0.4) is 0 Å². The molecule has 0 amide bonds. The molecule has 0 fully saturated rings. The molecule has 1 aromatic carbocycles. The summed E-state index contributed by atoms with van der Waals surface area (Å²) in [7, 11) is 0. The molecule has 1 N–H and O–H groups in total. The van der Waals surface area contributed by atoms with Gasteiger partial charge < -0.3 is 5.32 Å². The van der Waals surface area contributed by atoms with E-state index in [1.54, 1.807) is 11.3 Å². The van der Waals surface area contributed by atoms with E-state index in [0.717, 1.165) is 23.7 Å². The van der Waals surface area contributed by atoms with Gasteiger partial charge in [0.1, 0.15) is 0 Å². The van der Waals surface area contributed by atoms with Crippen LogP contribution in [0.1, 0.15) is 16.7 Å². The molecule has 0 aliphatic rings. The van der Waals surface area contributed by atoms with Crippen LogP contribution < -0.4 is 5.32 Å². The Hall–Kier alpha value is -0.830. The third-order valence-corrected chi connectivity index (χ3v) is 3.83. The van der Waals surface area contributed by atoms with Gasteiger partial charge in [-0.3, -0.25) is 0 Å². The van der Waals surface area contributed by atoms with E-state index >= 15 is 0 Å². The van der Waals surface area contributed by atoms with Gasteiger partial charge in [-0.2, -0.15) is 11.3 Å². The van der Waals surface area contributed by atoms with Crippen molar-refractivity contribution in [2.45, 2.75) is 20.0 Å². The van der Waals surface area contributed by atoms with Gasteiger partial charge in [-0.1, -0.05) is 29.8 Å². The fraction of sp³-hybridized carbons (Fsp3) is 0.231. The number of nitrogens with one attached hydrogen (secondary N) is 1. The maximum atomic E-state index is 6.08. The summed E-state index contributed by atoms with van der Waals surface area (Å²) in [4.78, 5) is 0. The second-order valence-electron chi connectivity index (χ2n) is 3.77. The first kappa shape index (κ1) is 11.6. The van der Waals surface area contributed by atoms with Gasteiger partial charge in [0, 0.05) is 18.1 Å².